The van der Waals surface area contributed by atoms with E-state index in [1.807, 2.05) is 0 Å². The fourth-order valence-electron chi connectivity index (χ4n) is 2.18. The van der Waals surface area contributed by atoms with Gasteiger partial charge in [0.15, 0.2) is 5.16 Å². The van der Waals surface area contributed by atoms with Crippen molar-refractivity contribution in [2.75, 3.05) is 0 Å². The maximum Gasteiger partial charge on any atom is 0.451 e. The minimum Gasteiger partial charge on any atom is -0.352 e. The van der Waals surface area contributed by atoms with E-state index in [0.717, 1.165) is 29.2 Å². The molecule has 1 atom stereocenters. The average Bonchev–Trinajstić information content (AvgIpc) is 3.26. The topological polar surface area (TPSA) is 59.8 Å². The minimum absolute atomic E-state index is 0.0485. The van der Waals surface area contributed by atoms with Crippen LogP contribution in [0, 0.1) is 5.82 Å². The molecular formula is C15H14F4N4OS. The van der Waals surface area contributed by atoms with Crippen LogP contribution in [0.1, 0.15) is 29.5 Å². The van der Waals surface area contributed by atoms with Crippen LogP contribution in [-0.4, -0.2) is 26.7 Å². The Morgan fingerprint density at radius 2 is 1.92 bits per heavy atom. The zero-order valence-electron chi connectivity index (χ0n) is 13.0. The molecule has 5 nitrogen and oxygen atoms in total. The van der Waals surface area contributed by atoms with E-state index in [1.54, 1.807) is 0 Å². The van der Waals surface area contributed by atoms with Crippen LogP contribution in [0.25, 0.3) is 0 Å². The molecule has 1 amide bonds. The van der Waals surface area contributed by atoms with Crippen molar-refractivity contribution in [3.05, 3.63) is 41.5 Å². The van der Waals surface area contributed by atoms with E-state index >= 15 is 0 Å². The van der Waals surface area contributed by atoms with Gasteiger partial charge in [0.1, 0.15) is 11.1 Å². The third kappa shape index (κ3) is 4.12. The molecule has 0 radical (unpaired) electrons. The Hall–Kier alpha value is -2.10. The molecule has 0 aliphatic heterocycles. The maximum absolute atomic E-state index is 13.1. The number of carbonyl (C=O) groups is 1. The predicted octanol–water partition coefficient (Wildman–Crippen LogP) is 3.09. The van der Waals surface area contributed by atoms with Gasteiger partial charge in [-0.2, -0.15) is 13.2 Å². The zero-order valence-corrected chi connectivity index (χ0v) is 13.9. The molecule has 0 saturated heterocycles. The number of halogens is 4. The van der Waals surface area contributed by atoms with Crippen LogP contribution in [0.2, 0.25) is 0 Å². The molecule has 10 heteroatoms. The van der Waals surface area contributed by atoms with Gasteiger partial charge in [-0.3, -0.25) is 4.79 Å². The highest BCUT2D eigenvalue weighted by Gasteiger charge is 2.38. The molecule has 1 aliphatic rings. The number of aromatic nitrogens is 3. The average molecular weight is 374 g/mol. The second kappa shape index (κ2) is 6.66. The second-order valence-corrected chi connectivity index (χ2v) is 6.77. The lowest BCUT2D eigenvalue weighted by atomic mass is 10.1. The van der Waals surface area contributed by atoms with Gasteiger partial charge in [-0.05, 0) is 30.5 Å². The molecule has 1 heterocycles. The number of nitrogens with zero attached hydrogens (tertiary/aromatic N) is 3. The van der Waals surface area contributed by atoms with Gasteiger partial charge in [0.25, 0.3) is 0 Å². The number of rotatable bonds is 5. The first-order valence-electron chi connectivity index (χ1n) is 7.45. The molecule has 0 bridgehead atoms. The number of hydrogen-bond donors (Lipinski definition) is 1. The first kappa shape index (κ1) is 17.7. The van der Waals surface area contributed by atoms with Crippen LogP contribution < -0.4 is 5.32 Å². The van der Waals surface area contributed by atoms with Crippen molar-refractivity contribution in [3.63, 3.8) is 0 Å². The lowest BCUT2D eigenvalue weighted by molar-refractivity contribution is -0.147. The Balaban J connectivity index is 1.88. The third-order valence-corrected chi connectivity index (χ3v) is 4.93. The van der Waals surface area contributed by atoms with Gasteiger partial charge in [-0.1, -0.05) is 23.9 Å². The quantitative estimate of drug-likeness (QED) is 0.646. The molecule has 1 aromatic heterocycles. The van der Waals surface area contributed by atoms with Crippen molar-refractivity contribution in [2.45, 2.75) is 35.5 Å². The third-order valence-electron chi connectivity index (χ3n) is 3.65. The molecule has 1 N–H and O–H groups in total. The molecule has 1 fully saturated rings. The molecule has 134 valence electrons. The van der Waals surface area contributed by atoms with Gasteiger partial charge in [0.2, 0.25) is 11.7 Å². The zero-order chi connectivity index (χ0) is 18.2. The highest BCUT2D eigenvalue weighted by Crippen LogP contribution is 2.37. The Labute approximate surface area is 144 Å². The highest BCUT2D eigenvalue weighted by atomic mass is 32.2. The fourth-order valence-corrected chi connectivity index (χ4v) is 3.20. The summed E-state index contributed by atoms with van der Waals surface area (Å²) in [7, 11) is 1.19. The minimum atomic E-state index is -4.64. The summed E-state index contributed by atoms with van der Waals surface area (Å²) in [4.78, 5) is 12.5. The summed E-state index contributed by atoms with van der Waals surface area (Å²) in [6.45, 7) is 0. The SMILES string of the molecule is Cn1c(S[C@@H](C(=O)NC2CC2)c2ccc(F)cc2)nnc1C(F)(F)F. The molecular weight excluding hydrogens is 360 g/mol. The molecule has 2 aromatic rings. The summed E-state index contributed by atoms with van der Waals surface area (Å²) in [5, 5.41) is 8.61. The van der Waals surface area contributed by atoms with E-state index in [9.17, 15) is 22.4 Å². The maximum atomic E-state index is 13.1. The summed E-state index contributed by atoms with van der Waals surface area (Å²) < 4.78 is 52.5. The lowest BCUT2D eigenvalue weighted by Gasteiger charge is -2.16. The van der Waals surface area contributed by atoms with Crippen molar-refractivity contribution in [1.82, 2.24) is 20.1 Å². The monoisotopic (exact) mass is 374 g/mol. The lowest BCUT2D eigenvalue weighted by Crippen LogP contribution is -2.30. The van der Waals surface area contributed by atoms with Gasteiger partial charge in [-0.25, -0.2) is 4.39 Å². The summed E-state index contributed by atoms with van der Waals surface area (Å²) in [5.41, 5.74) is 0.473. The van der Waals surface area contributed by atoms with E-state index in [0.29, 0.717) is 5.56 Å². The number of carbonyl (C=O) groups excluding carboxylic acids is 1. The van der Waals surface area contributed by atoms with Gasteiger partial charge in [0, 0.05) is 13.1 Å². The Kier molecular flexibility index (Phi) is 4.72. The van der Waals surface area contributed by atoms with Gasteiger partial charge in [0.05, 0.1) is 0 Å². The predicted molar refractivity (Wildman–Crippen MR) is 82.2 cm³/mol. The normalized spacial score (nSPS) is 15.9. The van der Waals surface area contributed by atoms with Crippen molar-refractivity contribution >= 4 is 17.7 Å². The van der Waals surface area contributed by atoms with Crippen molar-refractivity contribution < 1.29 is 22.4 Å². The summed E-state index contributed by atoms with van der Waals surface area (Å²) in [5.74, 6) is -1.96. The van der Waals surface area contributed by atoms with Crippen LogP contribution in [0.3, 0.4) is 0 Å². The first-order chi connectivity index (χ1) is 11.8. The number of amides is 1. The molecule has 1 saturated carbocycles. The Morgan fingerprint density at radius 1 is 1.28 bits per heavy atom. The Morgan fingerprint density at radius 3 is 2.44 bits per heavy atom. The van der Waals surface area contributed by atoms with Crippen LogP contribution in [-0.2, 0) is 18.0 Å². The molecule has 25 heavy (non-hydrogen) atoms. The van der Waals surface area contributed by atoms with Crippen LogP contribution in [0.4, 0.5) is 17.6 Å². The van der Waals surface area contributed by atoms with Crippen LogP contribution in [0.15, 0.2) is 29.4 Å². The van der Waals surface area contributed by atoms with E-state index < -0.39 is 23.1 Å². The van der Waals surface area contributed by atoms with E-state index in [-0.39, 0.29) is 17.1 Å². The first-order valence-corrected chi connectivity index (χ1v) is 8.33. The number of alkyl halides is 3. The smallest absolute Gasteiger partial charge is 0.352 e. The van der Waals surface area contributed by atoms with Gasteiger partial charge in [-0.15, -0.1) is 10.2 Å². The molecule has 1 aliphatic carbocycles. The number of thioether (sulfide) groups is 1. The van der Waals surface area contributed by atoms with Crippen molar-refractivity contribution in [3.8, 4) is 0 Å². The summed E-state index contributed by atoms with van der Waals surface area (Å²) in [6, 6.07) is 5.35. The largest absolute Gasteiger partial charge is 0.451 e. The van der Waals surface area contributed by atoms with Crippen molar-refractivity contribution in [2.24, 2.45) is 7.05 Å². The molecule has 1 aromatic carbocycles. The fraction of sp³-hybridized carbons (Fsp3) is 0.400. The van der Waals surface area contributed by atoms with Crippen LogP contribution in [0.5, 0.6) is 0 Å². The number of nitrogens with one attached hydrogen (secondary N) is 1. The summed E-state index contributed by atoms with van der Waals surface area (Å²) in [6.07, 6.45) is -2.90. The van der Waals surface area contributed by atoms with Crippen LogP contribution >= 0.6 is 11.8 Å². The Bertz CT molecular complexity index is 771. The number of hydrogen-bond acceptors (Lipinski definition) is 4. The molecule has 0 spiro atoms. The summed E-state index contributed by atoms with van der Waals surface area (Å²) >= 11 is 0.844. The molecule has 3 rings (SSSR count). The van der Waals surface area contributed by atoms with Crippen molar-refractivity contribution in [1.29, 1.82) is 0 Å². The van der Waals surface area contributed by atoms with E-state index in [2.05, 4.69) is 15.5 Å². The standard InChI is InChI=1S/C15H14F4N4OS/c1-23-13(15(17,18)19)21-22-14(23)25-11(12(24)20-10-6-7-10)8-2-4-9(16)5-3-8/h2-5,10-11H,6-7H2,1H3,(H,20,24)/t11-/m1/s1. The van der Waals surface area contributed by atoms with Gasteiger partial charge >= 0.3 is 6.18 Å². The number of benzene rings is 1. The highest BCUT2D eigenvalue weighted by molar-refractivity contribution is 8.00. The second-order valence-electron chi connectivity index (χ2n) is 5.70. The van der Waals surface area contributed by atoms with E-state index in [1.165, 1.54) is 31.3 Å². The van der Waals surface area contributed by atoms with E-state index in [4.69, 9.17) is 0 Å². The van der Waals surface area contributed by atoms with Gasteiger partial charge < -0.3 is 9.88 Å². The molecule has 0 unspecified atom stereocenters.